The number of carbonyl (C=O) groups is 1. The Kier molecular flexibility index (Phi) is 5.12. The number of hydrogen-bond acceptors (Lipinski definition) is 4. The van der Waals surface area contributed by atoms with Gasteiger partial charge in [0.15, 0.2) is 0 Å². The van der Waals surface area contributed by atoms with E-state index in [-0.39, 0.29) is 23.7 Å². The van der Waals surface area contributed by atoms with E-state index in [9.17, 15) is 17.6 Å². The predicted octanol–water partition coefficient (Wildman–Crippen LogP) is 2.04. The van der Waals surface area contributed by atoms with Gasteiger partial charge in [0.2, 0.25) is 10.0 Å². The Bertz CT molecular complexity index is 933. The van der Waals surface area contributed by atoms with Crippen LogP contribution in [0.2, 0.25) is 0 Å². The molecule has 26 heavy (non-hydrogen) atoms. The average molecular weight is 381 g/mol. The lowest BCUT2D eigenvalue weighted by molar-refractivity contribution is 0.0730. The second-order valence-corrected chi connectivity index (χ2v) is 7.93. The molecule has 0 atom stereocenters. The molecule has 0 spiro atoms. The number of nitrogens with one attached hydrogen (secondary N) is 2. The normalized spacial score (nSPS) is 15.8. The van der Waals surface area contributed by atoms with Crippen LogP contribution in [0.1, 0.15) is 21.7 Å². The third kappa shape index (κ3) is 3.50. The first-order valence-electron chi connectivity index (χ1n) is 8.14. The molecule has 0 radical (unpaired) electrons. The zero-order chi connectivity index (χ0) is 18.9. The maximum absolute atomic E-state index is 13.3. The maximum atomic E-state index is 13.3. The number of halogens is 1. The van der Waals surface area contributed by atoms with Crippen molar-refractivity contribution in [1.82, 2.24) is 9.29 Å². The van der Waals surface area contributed by atoms with Crippen molar-refractivity contribution >= 4 is 21.6 Å². The highest BCUT2D eigenvalue weighted by atomic mass is 32.2. The third-order valence-electron chi connectivity index (χ3n) is 4.25. The molecular formula is C17H20FN3O4S. The molecule has 2 heterocycles. The lowest BCUT2D eigenvalue weighted by Gasteiger charge is -2.26. The van der Waals surface area contributed by atoms with Crippen molar-refractivity contribution in [3.63, 3.8) is 0 Å². The number of aromatic amines is 1. The van der Waals surface area contributed by atoms with Crippen LogP contribution in [0.4, 0.5) is 10.1 Å². The Balaban J connectivity index is 1.91. The lowest BCUT2D eigenvalue weighted by Crippen LogP contribution is -2.40. The molecule has 2 N–H and O–H groups in total. The van der Waals surface area contributed by atoms with Gasteiger partial charge in [-0.3, -0.25) is 4.79 Å². The van der Waals surface area contributed by atoms with E-state index in [1.807, 2.05) is 0 Å². The van der Waals surface area contributed by atoms with Crippen molar-refractivity contribution in [3.8, 4) is 0 Å². The molecule has 1 amide bonds. The second-order valence-electron chi connectivity index (χ2n) is 6.06. The van der Waals surface area contributed by atoms with Gasteiger partial charge >= 0.3 is 0 Å². The topological polar surface area (TPSA) is 91.5 Å². The van der Waals surface area contributed by atoms with Crippen molar-refractivity contribution < 1.29 is 22.3 Å². The second kappa shape index (κ2) is 7.18. The minimum absolute atomic E-state index is 0.101. The number of H-pyrrole nitrogens is 1. The summed E-state index contributed by atoms with van der Waals surface area (Å²) in [5, 5.41) is 2.57. The number of benzene rings is 1. The zero-order valence-electron chi connectivity index (χ0n) is 14.5. The molecule has 1 aromatic carbocycles. The van der Waals surface area contributed by atoms with Crippen molar-refractivity contribution in [2.24, 2.45) is 0 Å². The fourth-order valence-corrected chi connectivity index (χ4v) is 4.84. The first-order valence-corrected chi connectivity index (χ1v) is 9.58. The molecule has 1 aromatic heterocycles. The number of anilines is 1. The number of ether oxygens (including phenoxy) is 1. The molecule has 9 heteroatoms. The molecule has 7 nitrogen and oxygen atoms in total. The average Bonchev–Trinajstić information content (AvgIpc) is 2.91. The minimum Gasteiger partial charge on any atom is -0.379 e. The number of morpholine rings is 1. The van der Waals surface area contributed by atoms with Gasteiger partial charge in [-0.2, -0.15) is 4.31 Å². The number of sulfonamides is 1. The van der Waals surface area contributed by atoms with Crippen LogP contribution in [-0.2, 0) is 14.8 Å². The summed E-state index contributed by atoms with van der Waals surface area (Å²) in [6, 6.07) is 5.49. The van der Waals surface area contributed by atoms with E-state index in [4.69, 9.17) is 4.74 Å². The van der Waals surface area contributed by atoms with Crippen LogP contribution in [0, 0.1) is 19.7 Å². The third-order valence-corrected chi connectivity index (χ3v) is 6.42. The number of rotatable bonds is 4. The Morgan fingerprint density at radius 1 is 1.27 bits per heavy atom. The fourth-order valence-electron chi connectivity index (χ4n) is 3.02. The standard InChI is InChI=1S/C17H20FN3O4S/c1-11-15(17(22)20-14-5-3-4-13(18)10-14)19-12(2)16(11)26(23,24)21-6-8-25-9-7-21/h3-5,10,19H,6-9H2,1-2H3,(H,20,22). The molecule has 0 saturated carbocycles. The molecule has 140 valence electrons. The van der Waals surface area contributed by atoms with E-state index in [0.29, 0.717) is 30.2 Å². The minimum atomic E-state index is -3.73. The van der Waals surface area contributed by atoms with Gasteiger partial charge in [0, 0.05) is 24.5 Å². The van der Waals surface area contributed by atoms with Crippen LogP contribution in [0.5, 0.6) is 0 Å². The molecule has 1 fully saturated rings. The number of carbonyl (C=O) groups excluding carboxylic acids is 1. The van der Waals surface area contributed by atoms with Crippen molar-refractivity contribution in [3.05, 3.63) is 47.0 Å². The van der Waals surface area contributed by atoms with Crippen LogP contribution >= 0.6 is 0 Å². The fraction of sp³-hybridized carbons (Fsp3) is 0.353. The maximum Gasteiger partial charge on any atom is 0.272 e. The first-order chi connectivity index (χ1) is 12.3. The zero-order valence-corrected chi connectivity index (χ0v) is 15.3. The van der Waals surface area contributed by atoms with Gasteiger partial charge < -0.3 is 15.0 Å². The number of nitrogens with zero attached hydrogens (tertiary/aromatic N) is 1. The van der Waals surface area contributed by atoms with Gasteiger partial charge in [-0.1, -0.05) is 6.07 Å². The van der Waals surface area contributed by atoms with Gasteiger partial charge in [-0.05, 0) is 37.6 Å². The highest BCUT2D eigenvalue weighted by Gasteiger charge is 2.32. The monoisotopic (exact) mass is 381 g/mol. The van der Waals surface area contributed by atoms with Crippen molar-refractivity contribution in [1.29, 1.82) is 0 Å². The smallest absolute Gasteiger partial charge is 0.272 e. The van der Waals surface area contributed by atoms with E-state index in [1.165, 1.54) is 22.5 Å². The van der Waals surface area contributed by atoms with Gasteiger partial charge in [-0.15, -0.1) is 0 Å². The van der Waals surface area contributed by atoms with Gasteiger partial charge in [-0.25, -0.2) is 12.8 Å². The summed E-state index contributed by atoms with van der Waals surface area (Å²) in [7, 11) is -3.73. The molecule has 0 unspecified atom stereocenters. The Labute approximate surface area is 151 Å². The van der Waals surface area contributed by atoms with Crippen molar-refractivity contribution in [2.45, 2.75) is 18.7 Å². The molecule has 1 saturated heterocycles. The van der Waals surface area contributed by atoms with Crippen LogP contribution in [-0.4, -0.2) is 49.9 Å². The van der Waals surface area contributed by atoms with Gasteiger partial charge in [0.25, 0.3) is 5.91 Å². The number of amides is 1. The summed E-state index contributed by atoms with van der Waals surface area (Å²) in [4.78, 5) is 15.5. The van der Waals surface area contributed by atoms with E-state index < -0.39 is 21.7 Å². The van der Waals surface area contributed by atoms with Crippen LogP contribution < -0.4 is 5.32 Å². The van der Waals surface area contributed by atoms with E-state index in [1.54, 1.807) is 19.9 Å². The quantitative estimate of drug-likeness (QED) is 0.848. The Morgan fingerprint density at radius 2 is 1.96 bits per heavy atom. The lowest BCUT2D eigenvalue weighted by atomic mass is 10.2. The molecule has 1 aliphatic heterocycles. The largest absolute Gasteiger partial charge is 0.379 e. The Morgan fingerprint density at radius 3 is 2.62 bits per heavy atom. The molecular weight excluding hydrogens is 361 g/mol. The number of aromatic nitrogens is 1. The summed E-state index contributed by atoms with van der Waals surface area (Å²) < 4.78 is 45.7. The van der Waals surface area contributed by atoms with E-state index in [0.717, 1.165) is 0 Å². The summed E-state index contributed by atoms with van der Waals surface area (Å²) >= 11 is 0. The number of aryl methyl sites for hydroxylation is 1. The Hall–Kier alpha value is -2.23. The van der Waals surface area contributed by atoms with Crippen LogP contribution in [0.3, 0.4) is 0 Å². The predicted molar refractivity (Wildman–Crippen MR) is 94.2 cm³/mol. The molecule has 3 rings (SSSR count). The van der Waals surface area contributed by atoms with E-state index in [2.05, 4.69) is 10.3 Å². The highest BCUT2D eigenvalue weighted by Crippen LogP contribution is 2.27. The summed E-state index contributed by atoms with van der Waals surface area (Å²) in [5.41, 5.74) is 1.15. The molecule has 1 aliphatic rings. The SMILES string of the molecule is Cc1[nH]c(C(=O)Nc2cccc(F)c2)c(C)c1S(=O)(=O)N1CCOCC1. The summed E-state index contributed by atoms with van der Waals surface area (Å²) in [5.74, 6) is -1.00. The van der Waals surface area contributed by atoms with Gasteiger partial charge in [0.05, 0.1) is 13.2 Å². The van der Waals surface area contributed by atoms with Crippen LogP contribution in [0.25, 0.3) is 0 Å². The molecule has 0 bridgehead atoms. The van der Waals surface area contributed by atoms with Crippen molar-refractivity contribution in [2.75, 3.05) is 31.6 Å². The first kappa shape index (κ1) is 18.6. The molecule has 0 aliphatic carbocycles. The summed E-state index contributed by atoms with van der Waals surface area (Å²) in [6.07, 6.45) is 0. The molecule has 2 aromatic rings. The summed E-state index contributed by atoms with van der Waals surface area (Å²) in [6.45, 7) is 4.42. The number of hydrogen-bond donors (Lipinski definition) is 2. The van der Waals surface area contributed by atoms with E-state index >= 15 is 0 Å². The van der Waals surface area contributed by atoms with Gasteiger partial charge in [0.1, 0.15) is 16.4 Å². The highest BCUT2D eigenvalue weighted by molar-refractivity contribution is 7.89. The van der Waals surface area contributed by atoms with Crippen LogP contribution in [0.15, 0.2) is 29.2 Å².